The van der Waals surface area contributed by atoms with E-state index in [1.54, 1.807) is 19.2 Å². The minimum atomic E-state index is -0.315. The van der Waals surface area contributed by atoms with Gasteiger partial charge in [-0.05, 0) is 48.9 Å². The third kappa shape index (κ3) is 3.60. The summed E-state index contributed by atoms with van der Waals surface area (Å²) in [4.78, 5) is 4.71. The molecule has 0 saturated heterocycles. The van der Waals surface area contributed by atoms with E-state index in [1.165, 1.54) is 6.07 Å². The molecule has 0 aliphatic heterocycles. The Kier molecular flexibility index (Phi) is 5.05. The van der Waals surface area contributed by atoms with Gasteiger partial charge >= 0.3 is 0 Å². The van der Waals surface area contributed by atoms with Crippen LogP contribution in [0.25, 0.3) is 16.9 Å². The molecule has 0 saturated carbocycles. The lowest BCUT2D eigenvalue weighted by atomic mass is 10.1. The Morgan fingerprint density at radius 3 is 2.71 bits per heavy atom. The topological polar surface area (TPSA) is 35.8 Å². The number of nitrogens with zero attached hydrogens (tertiary/aromatic N) is 2. The molecular weight excluding hydrogens is 423 g/mol. The highest BCUT2D eigenvalue weighted by atomic mass is 79.9. The molecule has 0 N–H and O–H groups in total. The van der Waals surface area contributed by atoms with Crippen molar-refractivity contribution < 1.29 is 13.9 Å². The number of benzene rings is 2. The van der Waals surface area contributed by atoms with Crippen molar-refractivity contribution in [2.24, 2.45) is 0 Å². The summed E-state index contributed by atoms with van der Waals surface area (Å²) in [5, 5.41) is 0. The van der Waals surface area contributed by atoms with Crippen LogP contribution in [0.5, 0.6) is 11.5 Å². The lowest BCUT2D eigenvalue weighted by Crippen LogP contribution is -2.00. The second-order valence-corrected chi connectivity index (χ2v) is 7.35. The minimum Gasteiger partial charge on any atom is -0.493 e. The van der Waals surface area contributed by atoms with E-state index in [1.807, 2.05) is 54.0 Å². The van der Waals surface area contributed by atoms with Crippen LogP contribution in [0.2, 0.25) is 0 Å². The first kappa shape index (κ1) is 18.5. The molecule has 2 heterocycles. The van der Waals surface area contributed by atoms with Crippen LogP contribution < -0.4 is 9.47 Å². The number of hydrogen-bond acceptors (Lipinski definition) is 3. The van der Waals surface area contributed by atoms with Gasteiger partial charge in [0.1, 0.15) is 18.1 Å². The van der Waals surface area contributed by atoms with Gasteiger partial charge in [-0.1, -0.05) is 28.1 Å². The van der Waals surface area contributed by atoms with Gasteiger partial charge in [-0.15, -0.1) is 0 Å². The number of imidazole rings is 1. The molecule has 0 fully saturated rings. The second kappa shape index (κ2) is 7.64. The first-order valence-corrected chi connectivity index (χ1v) is 9.54. The van der Waals surface area contributed by atoms with Gasteiger partial charge in [-0.25, -0.2) is 9.37 Å². The Labute approximate surface area is 170 Å². The quantitative estimate of drug-likeness (QED) is 0.393. The average molecular weight is 441 g/mol. The monoisotopic (exact) mass is 440 g/mol. The van der Waals surface area contributed by atoms with Gasteiger partial charge in [-0.2, -0.15) is 0 Å². The number of ether oxygens (including phenoxy) is 2. The summed E-state index contributed by atoms with van der Waals surface area (Å²) in [6.07, 6.45) is 3.95. The molecule has 2 aromatic heterocycles. The molecule has 4 aromatic rings. The number of halogens is 2. The van der Waals surface area contributed by atoms with E-state index < -0.39 is 0 Å². The van der Waals surface area contributed by atoms with Crippen molar-refractivity contribution in [3.05, 3.63) is 82.3 Å². The van der Waals surface area contributed by atoms with Crippen molar-refractivity contribution in [2.45, 2.75) is 13.5 Å². The molecule has 142 valence electrons. The van der Waals surface area contributed by atoms with Crippen molar-refractivity contribution in [1.29, 1.82) is 0 Å². The lowest BCUT2D eigenvalue weighted by molar-refractivity contribution is 0.280. The zero-order valence-electron chi connectivity index (χ0n) is 15.4. The number of fused-ring (bicyclic) bond motifs is 1. The summed E-state index contributed by atoms with van der Waals surface area (Å²) >= 11 is 3.25. The zero-order valence-corrected chi connectivity index (χ0v) is 17.0. The van der Waals surface area contributed by atoms with E-state index in [0.717, 1.165) is 22.5 Å². The van der Waals surface area contributed by atoms with Crippen LogP contribution in [0, 0.1) is 12.7 Å². The average Bonchev–Trinajstić information content (AvgIpc) is 3.13. The molecule has 4 nitrogen and oxygen atoms in total. The van der Waals surface area contributed by atoms with Gasteiger partial charge in [0.2, 0.25) is 0 Å². The number of aromatic nitrogens is 2. The van der Waals surface area contributed by atoms with Crippen molar-refractivity contribution in [3.8, 4) is 22.8 Å². The molecule has 0 spiro atoms. The second-order valence-electron chi connectivity index (χ2n) is 6.44. The Bertz CT molecular complexity index is 1160. The van der Waals surface area contributed by atoms with Crippen molar-refractivity contribution >= 4 is 21.6 Å². The molecule has 0 aliphatic rings. The Balaban J connectivity index is 1.61. The van der Waals surface area contributed by atoms with Crippen molar-refractivity contribution in [2.75, 3.05) is 7.11 Å². The van der Waals surface area contributed by atoms with Crippen LogP contribution in [0.15, 0.2) is 65.4 Å². The first-order chi connectivity index (χ1) is 13.5. The highest BCUT2D eigenvalue weighted by Crippen LogP contribution is 2.33. The highest BCUT2D eigenvalue weighted by Gasteiger charge is 2.12. The zero-order chi connectivity index (χ0) is 19.7. The molecular formula is C22H18BrFN2O2. The van der Waals surface area contributed by atoms with Gasteiger partial charge in [0.25, 0.3) is 0 Å². The van der Waals surface area contributed by atoms with Crippen LogP contribution >= 0.6 is 15.9 Å². The van der Waals surface area contributed by atoms with Crippen molar-refractivity contribution in [1.82, 2.24) is 9.38 Å². The van der Waals surface area contributed by atoms with Gasteiger partial charge in [-0.3, -0.25) is 0 Å². The Morgan fingerprint density at radius 2 is 1.96 bits per heavy atom. The minimum absolute atomic E-state index is 0.113. The van der Waals surface area contributed by atoms with Crippen LogP contribution in [-0.4, -0.2) is 16.5 Å². The fourth-order valence-electron chi connectivity index (χ4n) is 3.03. The summed E-state index contributed by atoms with van der Waals surface area (Å²) < 4.78 is 28.0. The summed E-state index contributed by atoms with van der Waals surface area (Å²) in [7, 11) is 1.58. The van der Waals surface area contributed by atoms with E-state index in [4.69, 9.17) is 14.5 Å². The predicted molar refractivity (Wildman–Crippen MR) is 110 cm³/mol. The van der Waals surface area contributed by atoms with E-state index >= 15 is 0 Å². The van der Waals surface area contributed by atoms with Crippen molar-refractivity contribution in [3.63, 3.8) is 0 Å². The highest BCUT2D eigenvalue weighted by molar-refractivity contribution is 9.10. The largest absolute Gasteiger partial charge is 0.493 e. The van der Waals surface area contributed by atoms with E-state index in [9.17, 15) is 4.39 Å². The van der Waals surface area contributed by atoms with Crippen LogP contribution in [-0.2, 0) is 6.61 Å². The molecule has 0 atom stereocenters. The summed E-state index contributed by atoms with van der Waals surface area (Å²) in [5.74, 6) is 0.808. The smallest absolute Gasteiger partial charge is 0.161 e. The normalized spacial score (nSPS) is 11.0. The molecule has 0 radical (unpaired) electrons. The maximum Gasteiger partial charge on any atom is 0.161 e. The summed E-state index contributed by atoms with van der Waals surface area (Å²) in [6.45, 7) is 2.15. The molecule has 2 aromatic carbocycles. The fraction of sp³-hybridized carbons (Fsp3) is 0.136. The van der Waals surface area contributed by atoms with Gasteiger partial charge in [0.05, 0.1) is 12.8 Å². The van der Waals surface area contributed by atoms with Gasteiger partial charge < -0.3 is 13.9 Å². The maximum absolute atomic E-state index is 14.0. The lowest BCUT2D eigenvalue weighted by Gasteiger charge is -2.12. The number of rotatable bonds is 5. The maximum atomic E-state index is 14.0. The Hall–Kier alpha value is -2.86. The number of aryl methyl sites for hydroxylation is 1. The van der Waals surface area contributed by atoms with E-state index in [-0.39, 0.29) is 12.4 Å². The fourth-order valence-corrected chi connectivity index (χ4v) is 3.37. The number of hydrogen-bond donors (Lipinski definition) is 0. The molecule has 28 heavy (non-hydrogen) atoms. The third-order valence-electron chi connectivity index (χ3n) is 4.54. The van der Waals surface area contributed by atoms with Gasteiger partial charge in [0.15, 0.2) is 11.5 Å². The molecule has 4 rings (SSSR count). The standard InChI is InChI=1S/C22H18BrFN2O2/c1-14-4-3-9-26-12-19(25-22(14)26)15-6-8-20(21(10-15)27-2)28-13-16-5-7-17(23)11-18(16)24/h3-12H,13H2,1-2H3. The van der Waals surface area contributed by atoms with Crippen LogP contribution in [0.1, 0.15) is 11.1 Å². The summed E-state index contributed by atoms with van der Waals surface area (Å²) in [5.41, 5.74) is 4.27. The third-order valence-corrected chi connectivity index (χ3v) is 5.03. The molecule has 0 unspecified atom stereocenters. The van der Waals surface area contributed by atoms with Crippen LogP contribution in [0.4, 0.5) is 4.39 Å². The summed E-state index contributed by atoms with van der Waals surface area (Å²) in [6, 6.07) is 14.5. The number of methoxy groups -OCH3 is 1. The number of pyridine rings is 1. The van der Waals surface area contributed by atoms with Crippen LogP contribution in [0.3, 0.4) is 0 Å². The molecule has 0 bridgehead atoms. The van der Waals surface area contributed by atoms with E-state index in [2.05, 4.69) is 15.9 Å². The molecule has 0 amide bonds. The molecule has 0 aliphatic carbocycles. The molecule has 6 heteroatoms. The first-order valence-electron chi connectivity index (χ1n) is 8.74. The van der Waals surface area contributed by atoms with E-state index in [0.29, 0.717) is 21.5 Å². The predicted octanol–water partition coefficient (Wildman–Crippen LogP) is 5.80. The Morgan fingerprint density at radius 1 is 1.11 bits per heavy atom. The SMILES string of the molecule is COc1cc(-c2cn3cccc(C)c3n2)ccc1OCc1ccc(Br)cc1F. The van der Waals surface area contributed by atoms with Gasteiger partial charge in [0, 0.05) is 28.0 Å².